The molecule has 18 heavy (non-hydrogen) atoms. The fourth-order valence-electron chi connectivity index (χ4n) is 2.42. The fourth-order valence-corrected chi connectivity index (χ4v) is 4.73. The molecule has 1 aromatic heterocycles. The van der Waals surface area contributed by atoms with Gasteiger partial charge in [0.2, 0.25) is 10.0 Å². The summed E-state index contributed by atoms with van der Waals surface area (Å²) in [5.74, 6) is 0. The van der Waals surface area contributed by atoms with Gasteiger partial charge in [0.15, 0.2) is 0 Å². The number of nitrogens with zero attached hydrogens (tertiary/aromatic N) is 2. The van der Waals surface area contributed by atoms with Crippen LogP contribution in [0.1, 0.15) is 23.9 Å². The highest BCUT2D eigenvalue weighted by atomic mass is 32.2. The Kier molecular flexibility index (Phi) is 2.88. The molecule has 2 heterocycles. The number of hydrogen-bond donors (Lipinski definition) is 0. The van der Waals surface area contributed by atoms with Crippen LogP contribution in [0.15, 0.2) is 24.3 Å². The zero-order chi connectivity index (χ0) is 12.8. The van der Waals surface area contributed by atoms with Gasteiger partial charge in [-0.3, -0.25) is 0 Å². The Morgan fingerprint density at radius 3 is 2.89 bits per heavy atom. The summed E-state index contributed by atoms with van der Waals surface area (Å²) in [5, 5.41) is 0.916. The number of rotatable bonds is 2. The van der Waals surface area contributed by atoms with Crippen LogP contribution in [-0.4, -0.2) is 30.5 Å². The second kappa shape index (κ2) is 4.29. The molecule has 0 aliphatic carbocycles. The highest BCUT2D eigenvalue weighted by Crippen LogP contribution is 2.37. The minimum atomic E-state index is -3.14. The van der Waals surface area contributed by atoms with Gasteiger partial charge in [-0.15, -0.1) is 11.3 Å². The van der Waals surface area contributed by atoms with E-state index in [1.807, 2.05) is 24.3 Å². The van der Waals surface area contributed by atoms with Crippen LogP contribution in [0.25, 0.3) is 10.2 Å². The topological polar surface area (TPSA) is 50.3 Å². The largest absolute Gasteiger partial charge is 0.239 e. The first kappa shape index (κ1) is 12.1. The van der Waals surface area contributed by atoms with Crippen molar-refractivity contribution in [3.05, 3.63) is 29.3 Å². The second-order valence-electron chi connectivity index (χ2n) is 4.55. The minimum absolute atomic E-state index is 0.0719. The van der Waals surface area contributed by atoms with Gasteiger partial charge in [-0.2, -0.15) is 4.31 Å². The molecule has 1 aliphatic heterocycles. The van der Waals surface area contributed by atoms with Crippen molar-refractivity contribution < 1.29 is 8.42 Å². The summed E-state index contributed by atoms with van der Waals surface area (Å²) >= 11 is 1.60. The van der Waals surface area contributed by atoms with Crippen molar-refractivity contribution >= 4 is 31.6 Å². The molecule has 1 atom stereocenters. The summed E-state index contributed by atoms with van der Waals surface area (Å²) in [6.07, 6.45) is 3.05. The second-order valence-corrected chi connectivity index (χ2v) is 7.55. The molecule has 6 heteroatoms. The third kappa shape index (κ3) is 2.04. The number of sulfonamides is 1. The molecule has 0 bridgehead atoms. The van der Waals surface area contributed by atoms with Gasteiger partial charge in [-0.05, 0) is 25.0 Å². The lowest BCUT2D eigenvalue weighted by Gasteiger charge is -2.19. The zero-order valence-electron chi connectivity index (χ0n) is 10.0. The van der Waals surface area contributed by atoms with Crippen LogP contribution < -0.4 is 0 Å². The summed E-state index contributed by atoms with van der Waals surface area (Å²) in [4.78, 5) is 4.57. The monoisotopic (exact) mass is 282 g/mol. The van der Waals surface area contributed by atoms with Gasteiger partial charge < -0.3 is 0 Å². The van der Waals surface area contributed by atoms with Gasteiger partial charge in [0.1, 0.15) is 5.01 Å². The summed E-state index contributed by atoms with van der Waals surface area (Å²) < 4.78 is 26.2. The molecule has 1 saturated heterocycles. The Hall–Kier alpha value is -0.980. The smallest absolute Gasteiger partial charge is 0.211 e. The van der Waals surface area contributed by atoms with Crippen molar-refractivity contribution in [1.82, 2.24) is 9.29 Å². The lowest BCUT2D eigenvalue weighted by Crippen LogP contribution is -2.29. The van der Waals surface area contributed by atoms with Crippen LogP contribution in [0, 0.1) is 0 Å². The van der Waals surface area contributed by atoms with Crippen LogP contribution in [0.4, 0.5) is 0 Å². The molecule has 0 saturated carbocycles. The number of hydrogen-bond acceptors (Lipinski definition) is 4. The normalized spacial score (nSPS) is 21.7. The average molecular weight is 282 g/mol. The molecule has 3 rings (SSSR count). The molecular weight excluding hydrogens is 268 g/mol. The van der Waals surface area contributed by atoms with E-state index in [-0.39, 0.29) is 6.04 Å². The Bertz CT molecular complexity index is 645. The maximum absolute atomic E-state index is 11.7. The van der Waals surface area contributed by atoms with E-state index in [9.17, 15) is 8.42 Å². The van der Waals surface area contributed by atoms with Crippen molar-refractivity contribution in [2.24, 2.45) is 0 Å². The van der Waals surface area contributed by atoms with Gasteiger partial charge >= 0.3 is 0 Å². The van der Waals surface area contributed by atoms with E-state index >= 15 is 0 Å². The van der Waals surface area contributed by atoms with Crippen molar-refractivity contribution in [2.45, 2.75) is 18.9 Å². The number of aromatic nitrogens is 1. The molecule has 1 fully saturated rings. The summed E-state index contributed by atoms with van der Waals surface area (Å²) in [6, 6.07) is 7.85. The van der Waals surface area contributed by atoms with Crippen molar-refractivity contribution in [1.29, 1.82) is 0 Å². The third-order valence-electron chi connectivity index (χ3n) is 3.23. The lowest BCUT2D eigenvalue weighted by molar-refractivity contribution is 0.400. The first-order valence-corrected chi connectivity index (χ1v) is 8.54. The molecular formula is C12H14N2O2S2. The summed E-state index contributed by atoms with van der Waals surface area (Å²) in [5.41, 5.74) is 0.956. The van der Waals surface area contributed by atoms with Crippen LogP contribution in [-0.2, 0) is 10.0 Å². The van der Waals surface area contributed by atoms with Gasteiger partial charge in [0.05, 0.1) is 22.5 Å². The van der Waals surface area contributed by atoms with Crippen LogP contribution in [0.3, 0.4) is 0 Å². The Morgan fingerprint density at radius 2 is 2.17 bits per heavy atom. The summed E-state index contributed by atoms with van der Waals surface area (Å²) in [6.45, 7) is 0.611. The average Bonchev–Trinajstić information content (AvgIpc) is 2.94. The maximum Gasteiger partial charge on any atom is 0.211 e. The third-order valence-corrected chi connectivity index (χ3v) is 5.65. The van der Waals surface area contributed by atoms with Crippen molar-refractivity contribution in [2.75, 3.05) is 12.8 Å². The number of benzene rings is 1. The fraction of sp³-hybridized carbons (Fsp3) is 0.417. The van der Waals surface area contributed by atoms with Gasteiger partial charge in [0, 0.05) is 6.54 Å². The lowest BCUT2D eigenvalue weighted by atomic mass is 10.2. The Morgan fingerprint density at radius 1 is 1.39 bits per heavy atom. The zero-order valence-corrected chi connectivity index (χ0v) is 11.7. The first-order chi connectivity index (χ1) is 8.55. The SMILES string of the molecule is CS(=O)(=O)N1CCCC1c1nc2ccccc2s1. The molecule has 0 spiro atoms. The number of thiazole rings is 1. The van der Waals surface area contributed by atoms with Crippen LogP contribution >= 0.6 is 11.3 Å². The van der Waals surface area contributed by atoms with E-state index in [2.05, 4.69) is 4.98 Å². The summed E-state index contributed by atoms with van der Waals surface area (Å²) in [7, 11) is -3.14. The van der Waals surface area contributed by atoms with Crippen molar-refractivity contribution in [3.8, 4) is 0 Å². The van der Waals surface area contributed by atoms with E-state index < -0.39 is 10.0 Å². The molecule has 1 aromatic carbocycles. The minimum Gasteiger partial charge on any atom is -0.239 e. The Labute approximate surface area is 110 Å². The molecule has 1 aliphatic rings. The van der Waals surface area contributed by atoms with E-state index in [4.69, 9.17) is 0 Å². The van der Waals surface area contributed by atoms with E-state index in [0.29, 0.717) is 6.54 Å². The highest BCUT2D eigenvalue weighted by molar-refractivity contribution is 7.88. The van der Waals surface area contributed by atoms with Crippen molar-refractivity contribution in [3.63, 3.8) is 0 Å². The van der Waals surface area contributed by atoms with Crippen LogP contribution in [0.5, 0.6) is 0 Å². The molecule has 2 aromatic rings. The molecule has 0 radical (unpaired) electrons. The van der Waals surface area contributed by atoms with Gasteiger partial charge in [-0.25, -0.2) is 13.4 Å². The predicted octanol–water partition coefficient (Wildman–Crippen LogP) is 2.39. The van der Waals surface area contributed by atoms with Crippen LogP contribution in [0.2, 0.25) is 0 Å². The molecule has 1 unspecified atom stereocenters. The molecule has 96 valence electrons. The molecule has 0 amide bonds. The van der Waals surface area contributed by atoms with E-state index in [1.165, 1.54) is 6.26 Å². The van der Waals surface area contributed by atoms with Gasteiger partial charge in [0.25, 0.3) is 0 Å². The molecule has 0 N–H and O–H groups in total. The quantitative estimate of drug-likeness (QED) is 0.850. The number of para-hydroxylation sites is 1. The number of fused-ring (bicyclic) bond motifs is 1. The van der Waals surface area contributed by atoms with Gasteiger partial charge in [-0.1, -0.05) is 12.1 Å². The molecule has 4 nitrogen and oxygen atoms in total. The predicted molar refractivity (Wildman–Crippen MR) is 73.1 cm³/mol. The standard InChI is InChI=1S/C12H14N2O2S2/c1-18(15,16)14-8-4-6-10(14)12-13-9-5-2-3-7-11(9)17-12/h2-3,5,7,10H,4,6,8H2,1H3. The van der Waals surface area contributed by atoms with E-state index in [1.54, 1.807) is 15.6 Å². The highest BCUT2D eigenvalue weighted by Gasteiger charge is 2.34. The maximum atomic E-state index is 11.7. The van der Waals surface area contributed by atoms with E-state index in [0.717, 1.165) is 28.1 Å². The first-order valence-electron chi connectivity index (χ1n) is 5.88. The Balaban J connectivity index is 2.03.